The molecule has 0 spiro atoms. The van der Waals surface area contributed by atoms with Gasteiger partial charge >= 0.3 is 0 Å². The number of hydrogen-bond acceptors (Lipinski definition) is 5. The predicted molar refractivity (Wildman–Crippen MR) is 151 cm³/mol. The Bertz CT molecular complexity index is 1610. The molecule has 0 amide bonds. The minimum Gasteiger partial charge on any atom is -0.497 e. The summed E-state index contributed by atoms with van der Waals surface area (Å²) in [6, 6.07) is 32.1. The van der Waals surface area contributed by atoms with Crippen molar-refractivity contribution >= 4 is 20.9 Å². The van der Waals surface area contributed by atoms with Crippen molar-refractivity contribution in [1.82, 2.24) is 9.29 Å². The molecule has 6 nitrogen and oxygen atoms in total. The summed E-state index contributed by atoms with van der Waals surface area (Å²) in [6.45, 7) is 1.33. The van der Waals surface area contributed by atoms with Crippen molar-refractivity contribution in [3.8, 4) is 11.5 Å². The second-order valence-electron chi connectivity index (χ2n) is 8.94. The summed E-state index contributed by atoms with van der Waals surface area (Å²) in [4.78, 5) is 0.247. The van der Waals surface area contributed by atoms with Gasteiger partial charge in [0, 0.05) is 24.0 Å². The lowest BCUT2D eigenvalue weighted by Crippen LogP contribution is -2.15. The average Bonchev–Trinajstić information content (AvgIpc) is 3.35. The number of benzene rings is 4. The molecule has 0 saturated heterocycles. The monoisotopic (exact) mass is 526 g/mol. The molecule has 7 heteroatoms. The molecule has 5 rings (SSSR count). The van der Waals surface area contributed by atoms with E-state index < -0.39 is 10.0 Å². The second kappa shape index (κ2) is 11.1. The third-order valence-electron chi connectivity index (χ3n) is 6.60. The first-order valence-corrected chi connectivity index (χ1v) is 13.9. The zero-order valence-corrected chi connectivity index (χ0v) is 22.2. The largest absolute Gasteiger partial charge is 0.497 e. The standard InChI is InChI=1S/C31H30N2O4S/c1-32-20-21-37-26-18-14-24(15-19-26)31(23-12-16-25(36-2)17-13-23)29-22-33(30-11-7-6-10-28(29)30)38(34,35)27-8-4-3-5-9-27/h3-19,22,31-32H,20-21H2,1-2H3. The maximum absolute atomic E-state index is 13.7. The molecule has 1 aromatic heterocycles. The van der Waals surface area contributed by atoms with Gasteiger partial charge in [-0.25, -0.2) is 12.4 Å². The topological polar surface area (TPSA) is 69.6 Å². The van der Waals surface area contributed by atoms with Crippen molar-refractivity contribution in [1.29, 1.82) is 0 Å². The molecule has 1 unspecified atom stereocenters. The normalized spacial score (nSPS) is 12.4. The van der Waals surface area contributed by atoms with Crippen LogP contribution in [0.1, 0.15) is 22.6 Å². The number of para-hydroxylation sites is 1. The highest BCUT2D eigenvalue weighted by atomic mass is 32.2. The molecule has 0 radical (unpaired) electrons. The van der Waals surface area contributed by atoms with Crippen LogP contribution in [0.2, 0.25) is 0 Å². The maximum Gasteiger partial charge on any atom is 0.268 e. The van der Waals surface area contributed by atoms with Crippen molar-refractivity contribution in [3.63, 3.8) is 0 Å². The summed E-state index contributed by atoms with van der Waals surface area (Å²) >= 11 is 0. The van der Waals surface area contributed by atoms with Crippen molar-refractivity contribution in [2.24, 2.45) is 0 Å². The molecule has 5 aromatic rings. The lowest BCUT2D eigenvalue weighted by molar-refractivity contribution is 0.318. The number of methoxy groups -OCH3 is 1. The van der Waals surface area contributed by atoms with E-state index >= 15 is 0 Å². The fourth-order valence-electron chi connectivity index (χ4n) is 4.69. The summed E-state index contributed by atoms with van der Waals surface area (Å²) in [5.74, 6) is 1.32. The van der Waals surface area contributed by atoms with Gasteiger partial charge in [0.05, 0.1) is 17.5 Å². The highest BCUT2D eigenvalue weighted by Gasteiger charge is 2.26. The highest BCUT2D eigenvalue weighted by molar-refractivity contribution is 7.90. The van der Waals surface area contributed by atoms with Crippen molar-refractivity contribution in [3.05, 3.63) is 126 Å². The van der Waals surface area contributed by atoms with Crippen LogP contribution in [0.5, 0.6) is 11.5 Å². The Kier molecular flexibility index (Phi) is 7.49. The number of fused-ring (bicyclic) bond motifs is 1. The quantitative estimate of drug-likeness (QED) is 0.238. The van der Waals surface area contributed by atoms with Crippen LogP contribution in [0.4, 0.5) is 0 Å². The van der Waals surface area contributed by atoms with E-state index in [-0.39, 0.29) is 10.8 Å². The van der Waals surface area contributed by atoms with Gasteiger partial charge in [0.25, 0.3) is 10.0 Å². The Balaban J connectivity index is 1.67. The fourth-order valence-corrected chi connectivity index (χ4v) is 6.08. The van der Waals surface area contributed by atoms with E-state index in [9.17, 15) is 8.42 Å². The molecule has 194 valence electrons. The van der Waals surface area contributed by atoms with Crippen LogP contribution in [-0.2, 0) is 10.0 Å². The molecule has 0 aliphatic carbocycles. The first kappa shape index (κ1) is 25.6. The predicted octanol–water partition coefficient (Wildman–Crippen LogP) is 5.67. The molecule has 0 aliphatic heterocycles. The van der Waals surface area contributed by atoms with Gasteiger partial charge in [0.15, 0.2) is 0 Å². The van der Waals surface area contributed by atoms with Gasteiger partial charge in [-0.15, -0.1) is 0 Å². The zero-order chi connectivity index (χ0) is 26.5. The van der Waals surface area contributed by atoms with Gasteiger partial charge in [-0.3, -0.25) is 0 Å². The number of ether oxygens (including phenoxy) is 2. The Morgan fingerprint density at radius 1 is 0.789 bits per heavy atom. The van der Waals surface area contributed by atoms with Gasteiger partial charge < -0.3 is 14.8 Å². The van der Waals surface area contributed by atoms with E-state index in [1.807, 2.05) is 85.9 Å². The van der Waals surface area contributed by atoms with Crippen molar-refractivity contribution < 1.29 is 17.9 Å². The van der Waals surface area contributed by atoms with Crippen LogP contribution < -0.4 is 14.8 Å². The molecule has 0 saturated carbocycles. The third kappa shape index (κ3) is 5.03. The van der Waals surface area contributed by atoms with Gasteiger partial charge in [-0.1, -0.05) is 60.7 Å². The number of rotatable bonds is 10. The van der Waals surface area contributed by atoms with Crippen molar-refractivity contribution in [2.45, 2.75) is 10.8 Å². The molecule has 1 heterocycles. The van der Waals surface area contributed by atoms with Gasteiger partial charge in [-0.2, -0.15) is 0 Å². The fraction of sp³-hybridized carbons (Fsp3) is 0.161. The maximum atomic E-state index is 13.7. The van der Waals surface area contributed by atoms with Crippen LogP contribution in [0.25, 0.3) is 10.9 Å². The van der Waals surface area contributed by atoms with Crippen molar-refractivity contribution in [2.75, 3.05) is 27.3 Å². The number of nitrogens with zero attached hydrogens (tertiary/aromatic N) is 1. The average molecular weight is 527 g/mol. The van der Waals surface area contributed by atoms with Crippen LogP contribution >= 0.6 is 0 Å². The van der Waals surface area contributed by atoms with E-state index in [0.717, 1.165) is 40.1 Å². The Morgan fingerprint density at radius 3 is 2.03 bits per heavy atom. The summed E-state index contributed by atoms with van der Waals surface area (Å²) in [6.07, 6.45) is 1.76. The van der Waals surface area contributed by atoms with Crippen LogP contribution in [0, 0.1) is 0 Å². The minimum absolute atomic E-state index is 0.218. The summed E-state index contributed by atoms with van der Waals surface area (Å²) in [7, 11) is -0.273. The Labute approximate surface area is 223 Å². The molecular weight excluding hydrogens is 496 g/mol. The van der Waals surface area contributed by atoms with Gasteiger partial charge in [-0.05, 0) is 66.2 Å². The molecule has 0 bridgehead atoms. The molecule has 0 aliphatic rings. The van der Waals surface area contributed by atoms with E-state index in [0.29, 0.717) is 12.1 Å². The number of hydrogen-bond donors (Lipinski definition) is 1. The molecule has 4 aromatic carbocycles. The number of nitrogens with one attached hydrogen (secondary N) is 1. The van der Waals surface area contributed by atoms with Crippen LogP contribution in [0.3, 0.4) is 0 Å². The molecule has 38 heavy (non-hydrogen) atoms. The van der Waals surface area contributed by atoms with E-state index in [1.165, 1.54) is 3.97 Å². The molecule has 1 N–H and O–H groups in total. The summed E-state index contributed by atoms with van der Waals surface area (Å²) < 4.78 is 40.1. The van der Waals surface area contributed by atoms with E-state index in [1.54, 1.807) is 37.6 Å². The Morgan fingerprint density at radius 2 is 1.39 bits per heavy atom. The third-order valence-corrected chi connectivity index (χ3v) is 8.29. The molecular formula is C31H30N2O4S. The summed E-state index contributed by atoms with van der Waals surface area (Å²) in [5.41, 5.74) is 3.58. The molecule has 0 fully saturated rings. The van der Waals surface area contributed by atoms with Crippen LogP contribution in [-0.4, -0.2) is 39.7 Å². The zero-order valence-electron chi connectivity index (χ0n) is 21.4. The SMILES string of the molecule is CNCCOc1ccc(C(c2ccc(OC)cc2)c2cn(S(=O)(=O)c3ccccc3)c3ccccc23)cc1. The number of aromatic nitrogens is 1. The summed E-state index contributed by atoms with van der Waals surface area (Å²) in [5, 5.41) is 3.95. The van der Waals surface area contributed by atoms with Gasteiger partial charge in [0.1, 0.15) is 18.1 Å². The first-order valence-electron chi connectivity index (χ1n) is 12.4. The first-order chi connectivity index (χ1) is 18.5. The lowest BCUT2D eigenvalue weighted by Gasteiger charge is -2.19. The molecule has 1 atom stereocenters. The van der Waals surface area contributed by atoms with E-state index in [4.69, 9.17) is 9.47 Å². The smallest absolute Gasteiger partial charge is 0.268 e. The Hall–Kier alpha value is -4.07. The highest BCUT2D eigenvalue weighted by Crippen LogP contribution is 2.39. The van der Waals surface area contributed by atoms with Gasteiger partial charge in [0.2, 0.25) is 0 Å². The minimum atomic E-state index is -3.80. The lowest BCUT2D eigenvalue weighted by atomic mass is 9.85. The van der Waals surface area contributed by atoms with E-state index in [2.05, 4.69) is 5.32 Å². The number of likely N-dealkylation sites (N-methyl/N-ethyl adjacent to an activating group) is 1. The second-order valence-corrected chi connectivity index (χ2v) is 10.8. The van der Waals surface area contributed by atoms with Crippen LogP contribution in [0.15, 0.2) is 114 Å².